The quantitative estimate of drug-likeness (QED) is 0.711. The first-order valence-corrected chi connectivity index (χ1v) is 7.01. The summed E-state index contributed by atoms with van der Waals surface area (Å²) in [4.78, 5) is 15.0. The van der Waals surface area contributed by atoms with Crippen molar-refractivity contribution in [3.8, 4) is 0 Å². The maximum atomic E-state index is 12.1. The largest absolute Gasteiger partial charge is 0.383 e. The average Bonchev–Trinajstić information content (AvgIpc) is 2.84. The normalized spacial score (nSPS) is 11.3. The molecule has 0 N–H and O–H groups in total. The fourth-order valence-electron chi connectivity index (χ4n) is 1.58. The molecule has 0 saturated carbocycles. The van der Waals surface area contributed by atoms with E-state index in [4.69, 9.17) is 4.74 Å². The molecule has 1 rings (SSSR count). The second kappa shape index (κ2) is 8.06. The van der Waals surface area contributed by atoms with Gasteiger partial charge in [-0.25, -0.2) is 0 Å². The first-order chi connectivity index (χ1) is 8.63. The zero-order valence-electron chi connectivity index (χ0n) is 11.3. The molecule has 0 spiro atoms. The third-order valence-electron chi connectivity index (χ3n) is 2.40. The molecule has 1 heterocycles. The van der Waals surface area contributed by atoms with Gasteiger partial charge in [0.15, 0.2) is 0 Å². The van der Waals surface area contributed by atoms with Crippen LogP contribution < -0.4 is 0 Å². The highest BCUT2D eigenvalue weighted by molar-refractivity contribution is 7.10. The van der Waals surface area contributed by atoms with Crippen LogP contribution in [0.5, 0.6) is 0 Å². The third kappa shape index (κ3) is 5.47. The van der Waals surface area contributed by atoms with E-state index in [2.05, 4.69) is 13.8 Å². The van der Waals surface area contributed by atoms with Crippen molar-refractivity contribution in [2.75, 3.05) is 26.8 Å². The Balaban J connectivity index is 2.57. The van der Waals surface area contributed by atoms with E-state index in [-0.39, 0.29) is 5.91 Å². The van der Waals surface area contributed by atoms with Gasteiger partial charge in [-0.3, -0.25) is 4.79 Å². The van der Waals surface area contributed by atoms with Gasteiger partial charge in [0.1, 0.15) is 0 Å². The van der Waals surface area contributed by atoms with E-state index in [1.54, 1.807) is 24.5 Å². The smallest absolute Gasteiger partial charge is 0.246 e. The maximum Gasteiger partial charge on any atom is 0.246 e. The molecule has 1 aromatic heterocycles. The lowest BCUT2D eigenvalue weighted by atomic mass is 10.2. The zero-order chi connectivity index (χ0) is 13.4. The van der Waals surface area contributed by atoms with Crippen LogP contribution in [-0.2, 0) is 9.53 Å². The Bertz CT molecular complexity index is 371. The highest BCUT2D eigenvalue weighted by Gasteiger charge is 2.11. The molecule has 0 atom stereocenters. The fourth-order valence-corrected chi connectivity index (χ4v) is 2.20. The number of carbonyl (C=O) groups excluding carboxylic acids is 1. The summed E-state index contributed by atoms with van der Waals surface area (Å²) >= 11 is 1.63. The lowest BCUT2D eigenvalue weighted by molar-refractivity contribution is -0.127. The summed E-state index contributed by atoms with van der Waals surface area (Å²) in [7, 11) is 1.65. The monoisotopic (exact) mass is 267 g/mol. The predicted molar refractivity (Wildman–Crippen MR) is 76.6 cm³/mol. The summed E-state index contributed by atoms with van der Waals surface area (Å²) < 4.78 is 5.04. The van der Waals surface area contributed by atoms with Crippen molar-refractivity contribution in [1.82, 2.24) is 4.90 Å². The number of nitrogens with zero attached hydrogens (tertiary/aromatic N) is 1. The van der Waals surface area contributed by atoms with Gasteiger partial charge in [-0.1, -0.05) is 19.9 Å². The van der Waals surface area contributed by atoms with Gasteiger partial charge < -0.3 is 9.64 Å². The molecule has 3 nitrogen and oxygen atoms in total. The van der Waals surface area contributed by atoms with E-state index in [0.717, 1.165) is 11.4 Å². The van der Waals surface area contributed by atoms with Gasteiger partial charge in [0.2, 0.25) is 5.91 Å². The van der Waals surface area contributed by atoms with Crippen molar-refractivity contribution in [2.45, 2.75) is 13.8 Å². The summed E-state index contributed by atoms with van der Waals surface area (Å²) in [5.74, 6) is 0.509. The molecule has 0 radical (unpaired) electrons. The standard InChI is InChI=1S/C14H21NO2S/c1-12(2)11-15(8-9-17-3)14(16)7-6-13-5-4-10-18-13/h4-7,10,12H,8-9,11H2,1-3H3/b7-6+. The molecule has 0 aliphatic rings. The Labute approximate surface area is 113 Å². The van der Waals surface area contributed by atoms with Crippen LogP contribution in [0.2, 0.25) is 0 Å². The van der Waals surface area contributed by atoms with E-state index >= 15 is 0 Å². The molecule has 0 unspecified atom stereocenters. The molecule has 0 aromatic carbocycles. The summed E-state index contributed by atoms with van der Waals surface area (Å²) in [5.41, 5.74) is 0. The molecule has 0 fully saturated rings. The Morgan fingerprint density at radius 1 is 1.56 bits per heavy atom. The van der Waals surface area contributed by atoms with Crippen molar-refractivity contribution in [3.63, 3.8) is 0 Å². The first-order valence-electron chi connectivity index (χ1n) is 6.13. The van der Waals surface area contributed by atoms with Crippen molar-refractivity contribution < 1.29 is 9.53 Å². The van der Waals surface area contributed by atoms with Crippen LogP contribution in [0.4, 0.5) is 0 Å². The van der Waals surface area contributed by atoms with Gasteiger partial charge in [0, 0.05) is 31.2 Å². The van der Waals surface area contributed by atoms with E-state index in [1.807, 2.05) is 28.5 Å². The van der Waals surface area contributed by atoms with Crippen molar-refractivity contribution in [3.05, 3.63) is 28.5 Å². The third-order valence-corrected chi connectivity index (χ3v) is 3.23. The zero-order valence-corrected chi connectivity index (χ0v) is 12.1. The minimum absolute atomic E-state index is 0.0501. The van der Waals surface area contributed by atoms with Crippen LogP contribution in [0.1, 0.15) is 18.7 Å². The van der Waals surface area contributed by atoms with E-state index in [9.17, 15) is 4.79 Å². The Hall–Kier alpha value is -1.13. The summed E-state index contributed by atoms with van der Waals surface area (Å²) in [6.07, 6.45) is 3.51. The number of ether oxygens (including phenoxy) is 1. The van der Waals surface area contributed by atoms with Crippen LogP contribution in [0.3, 0.4) is 0 Å². The van der Waals surface area contributed by atoms with E-state index in [0.29, 0.717) is 19.1 Å². The van der Waals surface area contributed by atoms with Gasteiger partial charge in [0.05, 0.1) is 6.61 Å². The molecule has 1 aromatic rings. The number of hydrogen-bond acceptors (Lipinski definition) is 3. The van der Waals surface area contributed by atoms with Gasteiger partial charge in [-0.2, -0.15) is 0 Å². The predicted octanol–water partition coefficient (Wildman–Crippen LogP) is 2.89. The minimum Gasteiger partial charge on any atom is -0.383 e. The van der Waals surface area contributed by atoms with Gasteiger partial charge in [0.25, 0.3) is 0 Å². The summed E-state index contributed by atoms with van der Waals surface area (Å²) in [5, 5.41) is 2.00. The SMILES string of the molecule is COCCN(CC(C)C)C(=O)/C=C/c1cccs1. The second-order valence-corrected chi connectivity index (χ2v) is 5.50. The van der Waals surface area contributed by atoms with Crippen LogP contribution in [-0.4, -0.2) is 37.6 Å². The number of thiophene rings is 1. The van der Waals surface area contributed by atoms with Gasteiger partial charge in [-0.15, -0.1) is 11.3 Å². The average molecular weight is 267 g/mol. The topological polar surface area (TPSA) is 29.5 Å². The highest BCUT2D eigenvalue weighted by Crippen LogP contribution is 2.10. The summed E-state index contributed by atoms with van der Waals surface area (Å²) in [6.45, 7) is 6.19. The maximum absolute atomic E-state index is 12.1. The van der Waals surface area contributed by atoms with Gasteiger partial charge in [-0.05, 0) is 23.4 Å². The Morgan fingerprint density at radius 2 is 2.33 bits per heavy atom. The molecular weight excluding hydrogens is 246 g/mol. The van der Waals surface area contributed by atoms with Crippen LogP contribution in [0.25, 0.3) is 6.08 Å². The fraction of sp³-hybridized carbons (Fsp3) is 0.500. The molecule has 100 valence electrons. The Morgan fingerprint density at radius 3 is 2.89 bits per heavy atom. The van der Waals surface area contributed by atoms with Crippen LogP contribution in [0, 0.1) is 5.92 Å². The molecule has 0 aliphatic carbocycles. The molecule has 0 bridgehead atoms. The lowest BCUT2D eigenvalue weighted by Crippen LogP contribution is -2.35. The number of hydrogen-bond donors (Lipinski definition) is 0. The van der Waals surface area contributed by atoms with Crippen LogP contribution >= 0.6 is 11.3 Å². The van der Waals surface area contributed by atoms with Crippen molar-refractivity contribution in [2.24, 2.45) is 5.92 Å². The molecule has 4 heteroatoms. The molecule has 0 aliphatic heterocycles. The molecular formula is C14H21NO2S. The lowest BCUT2D eigenvalue weighted by Gasteiger charge is -2.22. The highest BCUT2D eigenvalue weighted by atomic mass is 32.1. The molecule has 0 saturated heterocycles. The Kier molecular flexibility index (Phi) is 6.68. The number of carbonyl (C=O) groups is 1. The summed E-state index contributed by atoms with van der Waals surface area (Å²) in [6, 6.07) is 3.97. The van der Waals surface area contributed by atoms with Crippen molar-refractivity contribution in [1.29, 1.82) is 0 Å². The molecule has 18 heavy (non-hydrogen) atoms. The number of methoxy groups -OCH3 is 1. The van der Waals surface area contributed by atoms with Crippen molar-refractivity contribution >= 4 is 23.3 Å². The number of amides is 1. The second-order valence-electron chi connectivity index (χ2n) is 4.52. The number of rotatable bonds is 7. The first kappa shape index (κ1) is 14.9. The van der Waals surface area contributed by atoms with Crippen LogP contribution in [0.15, 0.2) is 23.6 Å². The van der Waals surface area contributed by atoms with E-state index in [1.165, 1.54) is 0 Å². The minimum atomic E-state index is 0.0501. The molecule has 1 amide bonds. The van der Waals surface area contributed by atoms with Gasteiger partial charge >= 0.3 is 0 Å². The van der Waals surface area contributed by atoms with E-state index < -0.39 is 0 Å².